The molecule has 4 nitrogen and oxygen atoms in total. The second-order valence-electron chi connectivity index (χ2n) is 6.79. The Bertz CT molecular complexity index is 556. The van der Waals surface area contributed by atoms with E-state index in [1.807, 2.05) is 6.92 Å². The molecule has 0 aromatic heterocycles. The highest BCUT2D eigenvalue weighted by atomic mass is 16.5. The van der Waals surface area contributed by atoms with Gasteiger partial charge in [0, 0.05) is 6.61 Å². The van der Waals surface area contributed by atoms with Crippen molar-refractivity contribution in [2.24, 2.45) is 0 Å². The lowest BCUT2D eigenvalue weighted by Gasteiger charge is -2.20. The predicted octanol–water partition coefficient (Wildman–Crippen LogP) is 3.27. The molecule has 1 aromatic rings. The first-order valence-corrected chi connectivity index (χ1v) is 8.36. The maximum Gasteiger partial charge on any atom is 0.315 e. The molecule has 4 heteroatoms. The van der Waals surface area contributed by atoms with Crippen molar-refractivity contribution < 1.29 is 9.53 Å². The number of fused-ring (bicyclic) bond motifs is 1. The molecule has 2 aliphatic rings. The van der Waals surface area contributed by atoms with Crippen LogP contribution in [-0.2, 0) is 11.2 Å². The SMILES string of the molecule is CC(C)c1ccc2c(c1)C(NC(=O)N[C@@H]1CCO[C@@H]1C)CC2. The topological polar surface area (TPSA) is 50.4 Å². The predicted molar refractivity (Wildman–Crippen MR) is 87.1 cm³/mol. The Morgan fingerprint density at radius 3 is 2.77 bits per heavy atom. The van der Waals surface area contributed by atoms with E-state index in [1.54, 1.807) is 0 Å². The Hall–Kier alpha value is -1.55. The smallest absolute Gasteiger partial charge is 0.315 e. The van der Waals surface area contributed by atoms with Crippen LogP contribution in [0.1, 0.15) is 62.3 Å². The molecule has 1 aliphatic heterocycles. The number of rotatable bonds is 3. The van der Waals surface area contributed by atoms with E-state index in [2.05, 4.69) is 42.7 Å². The fourth-order valence-corrected chi connectivity index (χ4v) is 3.42. The van der Waals surface area contributed by atoms with Gasteiger partial charge in [0.2, 0.25) is 0 Å². The molecule has 0 spiro atoms. The first-order valence-electron chi connectivity index (χ1n) is 8.36. The molecule has 1 unspecified atom stereocenters. The summed E-state index contributed by atoms with van der Waals surface area (Å²) < 4.78 is 5.49. The van der Waals surface area contributed by atoms with Crippen molar-refractivity contribution in [3.05, 3.63) is 34.9 Å². The number of ether oxygens (including phenoxy) is 1. The van der Waals surface area contributed by atoms with Gasteiger partial charge < -0.3 is 15.4 Å². The molecular formula is C18H26N2O2. The van der Waals surface area contributed by atoms with Gasteiger partial charge in [-0.25, -0.2) is 4.79 Å². The van der Waals surface area contributed by atoms with Crippen molar-refractivity contribution >= 4 is 6.03 Å². The quantitative estimate of drug-likeness (QED) is 0.900. The normalized spacial score (nSPS) is 27.0. The van der Waals surface area contributed by atoms with Gasteiger partial charge in [0.05, 0.1) is 18.2 Å². The Morgan fingerprint density at radius 2 is 2.09 bits per heavy atom. The number of urea groups is 1. The van der Waals surface area contributed by atoms with Crippen molar-refractivity contribution in [3.8, 4) is 0 Å². The Balaban J connectivity index is 1.65. The van der Waals surface area contributed by atoms with Crippen molar-refractivity contribution in [1.29, 1.82) is 0 Å². The largest absolute Gasteiger partial charge is 0.376 e. The first kappa shape index (κ1) is 15.3. The molecule has 1 fully saturated rings. The van der Waals surface area contributed by atoms with Crippen LogP contribution in [0.3, 0.4) is 0 Å². The average molecular weight is 302 g/mol. The van der Waals surface area contributed by atoms with Gasteiger partial charge >= 0.3 is 6.03 Å². The lowest BCUT2D eigenvalue weighted by atomic mass is 9.97. The third-order valence-corrected chi connectivity index (χ3v) is 4.91. The second kappa shape index (κ2) is 6.29. The van der Waals surface area contributed by atoms with Crippen molar-refractivity contribution in [2.45, 2.75) is 64.1 Å². The zero-order valence-corrected chi connectivity index (χ0v) is 13.7. The van der Waals surface area contributed by atoms with Crippen LogP contribution in [0, 0.1) is 0 Å². The standard InChI is InChI=1S/C18H26N2O2/c1-11(2)14-5-4-13-6-7-17(15(13)10-14)20-18(21)19-16-8-9-22-12(16)3/h4-5,10-12,16-17H,6-9H2,1-3H3,(H2,19,20,21)/t12-,16-,17?/m1/s1. The van der Waals surface area contributed by atoms with Crippen molar-refractivity contribution in [2.75, 3.05) is 6.61 Å². The van der Waals surface area contributed by atoms with Crippen molar-refractivity contribution in [3.63, 3.8) is 0 Å². The van der Waals surface area contributed by atoms with Crippen LogP contribution in [-0.4, -0.2) is 24.8 Å². The molecule has 2 N–H and O–H groups in total. The van der Waals surface area contributed by atoms with Crippen LogP contribution in [0.15, 0.2) is 18.2 Å². The molecule has 1 saturated heterocycles. The molecule has 3 atom stereocenters. The van der Waals surface area contributed by atoms with E-state index < -0.39 is 0 Å². The summed E-state index contributed by atoms with van der Waals surface area (Å²) in [6, 6.07) is 6.88. The van der Waals surface area contributed by atoms with Crippen LogP contribution in [0.5, 0.6) is 0 Å². The Kier molecular flexibility index (Phi) is 4.39. The van der Waals surface area contributed by atoms with Crippen LogP contribution >= 0.6 is 0 Å². The molecular weight excluding hydrogens is 276 g/mol. The maximum atomic E-state index is 12.3. The number of benzene rings is 1. The zero-order chi connectivity index (χ0) is 15.7. The minimum absolute atomic E-state index is 0.0739. The van der Waals surface area contributed by atoms with Crippen LogP contribution < -0.4 is 10.6 Å². The molecule has 0 radical (unpaired) electrons. The maximum absolute atomic E-state index is 12.3. The minimum Gasteiger partial charge on any atom is -0.376 e. The summed E-state index contributed by atoms with van der Waals surface area (Å²) in [5.74, 6) is 0.511. The third-order valence-electron chi connectivity index (χ3n) is 4.91. The van der Waals surface area contributed by atoms with E-state index in [4.69, 9.17) is 4.74 Å². The van der Waals surface area contributed by atoms with Gasteiger partial charge in [0.25, 0.3) is 0 Å². The van der Waals surface area contributed by atoms with Gasteiger partial charge in [0.1, 0.15) is 0 Å². The van der Waals surface area contributed by atoms with E-state index >= 15 is 0 Å². The monoisotopic (exact) mass is 302 g/mol. The highest BCUT2D eigenvalue weighted by Gasteiger charge is 2.28. The average Bonchev–Trinajstić information content (AvgIpc) is 3.06. The highest BCUT2D eigenvalue weighted by molar-refractivity contribution is 5.75. The molecule has 2 amide bonds. The highest BCUT2D eigenvalue weighted by Crippen LogP contribution is 2.33. The van der Waals surface area contributed by atoms with E-state index in [-0.39, 0.29) is 24.2 Å². The van der Waals surface area contributed by atoms with Crippen molar-refractivity contribution in [1.82, 2.24) is 10.6 Å². The second-order valence-corrected chi connectivity index (χ2v) is 6.79. The fourth-order valence-electron chi connectivity index (χ4n) is 3.42. The number of hydrogen-bond acceptors (Lipinski definition) is 2. The van der Waals surface area contributed by atoms with Crippen LogP contribution in [0.2, 0.25) is 0 Å². The number of aryl methyl sites for hydroxylation is 1. The fraction of sp³-hybridized carbons (Fsp3) is 0.611. The zero-order valence-electron chi connectivity index (χ0n) is 13.7. The molecule has 22 heavy (non-hydrogen) atoms. The number of nitrogens with one attached hydrogen (secondary N) is 2. The molecule has 1 aromatic carbocycles. The third kappa shape index (κ3) is 3.12. The lowest BCUT2D eigenvalue weighted by molar-refractivity contribution is 0.114. The summed E-state index contributed by atoms with van der Waals surface area (Å²) in [7, 11) is 0. The van der Waals surface area contributed by atoms with E-state index in [0.29, 0.717) is 5.92 Å². The van der Waals surface area contributed by atoms with Gasteiger partial charge in [-0.3, -0.25) is 0 Å². The van der Waals surface area contributed by atoms with Crippen LogP contribution in [0.4, 0.5) is 4.79 Å². The molecule has 120 valence electrons. The summed E-state index contributed by atoms with van der Waals surface area (Å²) >= 11 is 0. The van der Waals surface area contributed by atoms with E-state index in [1.165, 1.54) is 16.7 Å². The number of carbonyl (C=O) groups excluding carboxylic acids is 1. The summed E-state index contributed by atoms with van der Waals surface area (Å²) in [4.78, 5) is 12.3. The van der Waals surface area contributed by atoms with Gasteiger partial charge in [-0.05, 0) is 48.8 Å². The summed E-state index contributed by atoms with van der Waals surface area (Å²) in [5, 5.41) is 6.19. The molecule has 0 saturated carbocycles. The minimum atomic E-state index is -0.0739. The molecule has 1 heterocycles. The first-order chi connectivity index (χ1) is 10.5. The molecule has 3 rings (SSSR count). The van der Waals surface area contributed by atoms with Gasteiger partial charge in [-0.15, -0.1) is 0 Å². The van der Waals surface area contributed by atoms with Gasteiger partial charge in [-0.2, -0.15) is 0 Å². The summed E-state index contributed by atoms with van der Waals surface area (Å²) in [5.41, 5.74) is 4.00. The summed E-state index contributed by atoms with van der Waals surface area (Å²) in [6.45, 7) is 7.15. The van der Waals surface area contributed by atoms with Gasteiger partial charge in [-0.1, -0.05) is 32.0 Å². The lowest BCUT2D eigenvalue weighted by Crippen LogP contribution is -2.45. The number of hydrogen-bond donors (Lipinski definition) is 2. The number of amides is 2. The van der Waals surface area contributed by atoms with E-state index in [0.717, 1.165) is 25.9 Å². The Morgan fingerprint density at radius 1 is 1.27 bits per heavy atom. The van der Waals surface area contributed by atoms with Crippen LogP contribution in [0.25, 0.3) is 0 Å². The summed E-state index contributed by atoms with van der Waals surface area (Å²) in [6.07, 6.45) is 3.03. The molecule has 0 bridgehead atoms. The molecule has 1 aliphatic carbocycles. The van der Waals surface area contributed by atoms with Gasteiger partial charge in [0.15, 0.2) is 0 Å². The Labute approximate surface area is 132 Å². The number of carbonyl (C=O) groups is 1. The van der Waals surface area contributed by atoms with E-state index in [9.17, 15) is 4.79 Å².